The maximum Gasteiger partial charge on any atom is 0.433 e. The quantitative estimate of drug-likeness (QED) is 0.482. The van der Waals surface area contributed by atoms with E-state index in [4.69, 9.17) is 0 Å². The first-order valence-electron chi connectivity index (χ1n) is 11.5. The van der Waals surface area contributed by atoms with Crippen molar-refractivity contribution in [3.63, 3.8) is 0 Å². The molecule has 3 aromatic heterocycles. The number of aryl methyl sites for hydroxylation is 2. The summed E-state index contributed by atoms with van der Waals surface area (Å²) in [5.41, 5.74) is -0.472. The third-order valence-electron chi connectivity index (χ3n) is 6.97. The zero-order valence-electron chi connectivity index (χ0n) is 19.7. The predicted octanol–water partition coefficient (Wildman–Crippen LogP) is 4.31. The van der Waals surface area contributed by atoms with Crippen molar-refractivity contribution >= 4 is 22.8 Å². The normalized spacial score (nSPS) is 18.6. The Labute approximate surface area is 202 Å². The number of halogens is 6. The monoisotopic (exact) mass is 514 g/mol. The van der Waals surface area contributed by atoms with Crippen molar-refractivity contribution in [1.29, 1.82) is 0 Å². The number of hydrogen-bond donors (Lipinski definition) is 0. The number of alkyl halides is 6. The van der Waals surface area contributed by atoms with Crippen LogP contribution in [-0.4, -0.2) is 62.1 Å². The number of hydrogen-bond acceptors (Lipinski definition) is 7. The van der Waals surface area contributed by atoms with Crippen LogP contribution in [0.3, 0.4) is 0 Å². The fourth-order valence-corrected chi connectivity index (χ4v) is 5.11. The lowest BCUT2D eigenvalue weighted by Crippen LogP contribution is -2.42. The second-order valence-corrected chi connectivity index (χ2v) is 9.58. The van der Waals surface area contributed by atoms with Crippen LogP contribution in [0.1, 0.15) is 36.5 Å². The Bertz CT molecular complexity index is 1280. The molecule has 5 rings (SSSR count). The molecular weight excluding hydrogens is 490 g/mol. The van der Waals surface area contributed by atoms with Gasteiger partial charge in [-0.15, -0.1) is 0 Å². The third-order valence-corrected chi connectivity index (χ3v) is 6.97. The summed E-state index contributed by atoms with van der Waals surface area (Å²) in [4.78, 5) is 20.3. The van der Waals surface area contributed by atoms with Crippen LogP contribution in [0.15, 0.2) is 12.3 Å². The molecule has 0 amide bonds. The SMILES string of the molecule is Cc1nc(N2CCC3(CCN(c4ncc5c(C)nn(CC(F)(F)F)c5n4)CC3)C2)cc(C(F)(F)F)n1. The highest BCUT2D eigenvalue weighted by atomic mass is 19.4. The summed E-state index contributed by atoms with van der Waals surface area (Å²) < 4.78 is 79.4. The van der Waals surface area contributed by atoms with E-state index in [2.05, 4.69) is 25.0 Å². The lowest BCUT2D eigenvalue weighted by atomic mass is 9.78. The van der Waals surface area contributed by atoms with E-state index in [1.165, 1.54) is 13.1 Å². The van der Waals surface area contributed by atoms with Gasteiger partial charge in [-0.3, -0.25) is 0 Å². The Kier molecular flexibility index (Phi) is 5.75. The minimum atomic E-state index is -4.54. The molecule has 0 aliphatic carbocycles. The molecule has 0 radical (unpaired) electrons. The molecule has 3 aromatic rings. The van der Waals surface area contributed by atoms with Gasteiger partial charge in [0.25, 0.3) is 0 Å². The minimum Gasteiger partial charge on any atom is -0.356 e. The number of nitrogens with zero attached hydrogens (tertiary/aromatic N) is 8. The van der Waals surface area contributed by atoms with Gasteiger partial charge in [0.2, 0.25) is 5.95 Å². The maximum atomic E-state index is 13.2. The van der Waals surface area contributed by atoms with Gasteiger partial charge in [-0.2, -0.15) is 36.4 Å². The number of rotatable bonds is 3. The Morgan fingerprint density at radius 2 is 1.58 bits per heavy atom. The van der Waals surface area contributed by atoms with Crippen molar-refractivity contribution in [3.05, 3.63) is 29.5 Å². The van der Waals surface area contributed by atoms with Crippen LogP contribution in [-0.2, 0) is 12.7 Å². The van der Waals surface area contributed by atoms with E-state index in [9.17, 15) is 26.3 Å². The van der Waals surface area contributed by atoms with Crippen LogP contribution < -0.4 is 9.80 Å². The lowest BCUT2D eigenvalue weighted by Gasteiger charge is -2.39. The topological polar surface area (TPSA) is 75.9 Å². The number of anilines is 2. The molecule has 0 saturated carbocycles. The van der Waals surface area contributed by atoms with E-state index in [0.717, 1.165) is 30.0 Å². The van der Waals surface area contributed by atoms with Crippen LogP contribution in [0.2, 0.25) is 0 Å². The summed E-state index contributed by atoms with van der Waals surface area (Å²) in [7, 11) is 0. The summed E-state index contributed by atoms with van der Waals surface area (Å²) in [6.07, 6.45) is -5.15. The molecule has 36 heavy (non-hydrogen) atoms. The minimum absolute atomic E-state index is 0.0723. The second kappa shape index (κ2) is 8.44. The van der Waals surface area contributed by atoms with Crippen molar-refractivity contribution in [1.82, 2.24) is 29.7 Å². The van der Waals surface area contributed by atoms with Gasteiger partial charge in [-0.05, 0) is 38.5 Å². The Morgan fingerprint density at radius 1 is 0.917 bits per heavy atom. The summed E-state index contributed by atoms with van der Waals surface area (Å²) in [6.45, 7) is 4.17. The highest BCUT2D eigenvalue weighted by Gasteiger charge is 2.42. The summed E-state index contributed by atoms with van der Waals surface area (Å²) in [5.74, 6) is 0.691. The predicted molar refractivity (Wildman–Crippen MR) is 119 cm³/mol. The van der Waals surface area contributed by atoms with E-state index in [0.29, 0.717) is 43.2 Å². The molecule has 0 N–H and O–H groups in total. The van der Waals surface area contributed by atoms with Crippen molar-refractivity contribution in [2.24, 2.45) is 5.41 Å². The van der Waals surface area contributed by atoms with Crippen LogP contribution in [0.4, 0.5) is 38.1 Å². The van der Waals surface area contributed by atoms with Crippen LogP contribution in [0.25, 0.3) is 11.0 Å². The van der Waals surface area contributed by atoms with Crippen molar-refractivity contribution < 1.29 is 26.3 Å². The van der Waals surface area contributed by atoms with Gasteiger partial charge in [0.1, 0.15) is 23.9 Å². The summed E-state index contributed by atoms with van der Waals surface area (Å²) in [6, 6.07) is 0.996. The molecule has 0 bridgehead atoms. The molecule has 2 fully saturated rings. The third kappa shape index (κ3) is 4.76. The fourth-order valence-electron chi connectivity index (χ4n) is 5.11. The molecule has 0 atom stereocenters. The van der Waals surface area contributed by atoms with Crippen molar-refractivity contribution in [2.45, 2.75) is 52.0 Å². The van der Waals surface area contributed by atoms with Gasteiger partial charge in [-0.25, -0.2) is 19.6 Å². The number of piperidine rings is 1. The van der Waals surface area contributed by atoms with E-state index < -0.39 is 24.6 Å². The molecule has 0 unspecified atom stereocenters. The molecule has 2 aliphatic rings. The second-order valence-electron chi connectivity index (χ2n) is 9.58. The van der Waals surface area contributed by atoms with E-state index in [1.54, 1.807) is 6.92 Å². The first-order valence-corrected chi connectivity index (χ1v) is 11.5. The first-order chi connectivity index (χ1) is 16.8. The summed E-state index contributed by atoms with van der Waals surface area (Å²) in [5, 5.41) is 4.45. The largest absolute Gasteiger partial charge is 0.433 e. The Hall–Kier alpha value is -3.19. The van der Waals surface area contributed by atoms with Crippen LogP contribution in [0.5, 0.6) is 0 Å². The van der Waals surface area contributed by atoms with Crippen LogP contribution in [0, 0.1) is 19.3 Å². The first kappa shape index (κ1) is 24.5. The van der Waals surface area contributed by atoms with Crippen molar-refractivity contribution in [2.75, 3.05) is 36.0 Å². The highest BCUT2D eigenvalue weighted by Crippen LogP contribution is 2.42. The van der Waals surface area contributed by atoms with E-state index in [1.807, 2.05) is 9.80 Å². The number of aromatic nitrogens is 6. The Balaban J connectivity index is 1.30. The average Bonchev–Trinajstić information content (AvgIpc) is 3.33. The standard InChI is InChI=1S/C22H24F6N8/c1-13-15-10-29-19(32-18(15)36(33-13)12-21(23,24)25)34-6-3-20(4-7-34)5-8-35(11-20)17-9-16(22(26,27)28)30-14(2)31-17/h9-10H,3-8,11-12H2,1-2H3. The van der Waals surface area contributed by atoms with E-state index in [-0.39, 0.29) is 22.7 Å². The summed E-state index contributed by atoms with van der Waals surface area (Å²) >= 11 is 0. The molecule has 0 aromatic carbocycles. The van der Waals surface area contributed by atoms with Crippen molar-refractivity contribution in [3.8, 4) is 0 Å². The van der Waals surface area contributed by atoms with Crippen LogP contribution >= 0.6 is 0 Å². The van der Waals surface area contributed by atoms with E-state index >= 15 is 0 Å². The zero-order valence-corrected chi connectivity index (χ0v) is 19.7. The molecule has 8 nitrogen and oxygen atoms in total. The molecule has 14 heteroatoms. The molecule has 5 heterocycles. The molecule has 2 aliphatic heterocycles. The Morgan fingerprint density at radius 3 is 2.22 bits per heavy atom. The maximum absolute atomic E-state index is 13.2. The molecule has 194 valence electrons. The number of fused-ring (bicyclic) bond motifs is 1. The lowest BCUT2D eigenvalue weighted by molar-refractivity contribution is -0.142. The molecular formula is C22H24F6N8. The smallest absolute Gasteiger partial charge is 0.356 e. The molecule has 1 spiro atoms. The van der Waals surface area contributed by atoms with Gasteiger partial charge in [0.15, 0.2) is 5.65 Å². The van der Waals surface area contributed by atoms with Gasteiger partial charge in [0.05, 0.1) is 11.1 Å². The molecule has 2 saturated heterocycles. The highest BCUT2D eigenvalue weighted by molar-refractivity contribution is 5.78. The van der Waals surface area contributed by atoms with Gasteiger partial charge < -0.3 is 9.80 Å². The fraction of sp³-hybridized carbons (Fsp3) is 0.591. The van der Waals surface area contributed by atoms with Gasteiger partial charge in [0, 0.05) is 38.4 Å². The zero-order chi connectivity index (χ0) is 25.9. The van der Waals surface area contributed by atoms with Gasteiger partial charge >= 0.3 is 12.4 Å². The van der Waals surface area contributed by atoms with Gasteiger partial charge in [-0.1, -0.05) is 0 Å². The average molecular weight is 514 g/mol.